The predicted octanol–water partition coefficient (Wildman–Crippen LogP) is 4.53. The molecule has 0 unspecified atom stereocenters. The molecular formula is C26H26F2N6O. The Balaban J connectivity index is 1.23. The lowest BCUT2D eigenvalue weighted by Crippen LogP contribution is -2.50. The summed E-state index contributed by atoms with van der Waals surface area (Å²) in [6, 6.07) is 14.9. The van der Waals surface area contributed by atoms with E-state index >= 15 is 0 Å². The summed E-state index contributed by atoms with van der Waals surface area (Å²) in [4.78, 5) is 25.9. The molecular weight excluding hydrogens is 450 g/mol. The number of imidazole rings is 1. The Kier molecular flexibility index (Phi) is 6.41. The van der Waals surface area contributed by atoms with Gasteiger partial charge in [0, 0.05) is 57.1 Å². The number of anilines is 1. The summed E-state index contributed by atoms with van der Waals surface area (Å²) >= 11 is 0. The van der Waals surface area contributed by atoms with Gasteiger partial charge in [-0.05, 0) is 31.2 Å². The highest BCUT2D eigenvalue weighted by Crippen LogP contribution is 2.24. The maximum Gasteiger partial charge on any atom is 0.322 e. The van der Waals surface area contributed by atoms with Crippen LogP contribution in [0.4, 0.5) is 19.3 Å². The van der Waals surface area contributed by atoms with Crippen LogP contribution in [0.2, 0.25) is 0 Å². The van der Waals surface area contributed by atoms with Crippen molar-refractivity contribution in [3.05, 3.63) is 78.0 Å². The number of amides is 2. The molecule has 2 aromatic heterocycles. The highest BCUT2D eigenvalue weighted by atomic mass is 19.1. The fourth-order valence-corrected chi connectivity index (χ4v) is 4.29. The zero-order chi connectivity index (χ0) is 24.4. The van der Waals surface area contributed by atoms with Crippen LogP contribution in [0, 0.1) is 18.6 Å². The predicted molar refractivity (Wildman–Crippen MR) is 131 cm³/mol. The number of nitrogens with zero attached hydrogens (tertiary/aromatic N) is 5. The first-order chi connectivity index (χ1) is 17.0. The molecule has 3 heterocycles. The quantitative estimate of drug-likeness (QED) is 0.460. The second-order valence-corrected chi connectivity index (χ2v) is 8.68. The molecule has 5 rings (SSSR count). The van der Waals surface area contributed by atoms with E-state index in [9.17, 15) is 13.6 Å². The number of halogens is 2. The van der Waals surface area contributed by atoms with Gasteiger partial charge in [-0.2, -0.15) is 0 Å². The van der Waals surface area contributed by atoms with Crippen molar-refractivity contribution >= 4 is 22.9 Å². The van der Waals surface area contributed by atoms with Crippen LogP contribution in [0.3, 0.4) is 0 Å². The monoisotopic (exact) mass is 476 g/mol. The molecule has 0 spiro atoms. The van der Waals surface area contributed by atoms with Crippen LogP contribution in [0.25, 0.3) is 22.6 Å². The van der Waals surface area contributed by atoms with E-state index in [-0.39, 0.29) is 11.7 Å². The van der Waals surface area contributed by atoms with Gasteiger partial charge in [0.2, 0.25) is 0 Å². The highest BCUT2D eigenvalue weighted by molar-refractivity contribution is 5.89. The van der Waals surface area contributed by atoms with Crippen LogP contribution in [0.15, 0.2) is 60.8 Å². The number of carbonyl (C=O) groups excluding carboxylic acids is 1. The minimum absolute atomic E-state index is 0.0260. The Hall–Kier alpha value is -3.85. The fraction of sp³-hybridized carbons (Fsp3) is 0.269. The first-order valence-corrected chi connectivity index (χ1v) is 11.6. The van der Waals surface area contributed by atoms with Gasteiger partial charge < -0.3 is 14.8 Å². The molecule has 35 heavy (non-hydrogen) atoms. The van der Waals surface area contributed by atoms with E-state index in [1.54, 1.807) is 11.1 Å². The maximum atomic E-state index is 13.9. The fourth-order valence-electron chi connectivity index (χ4n) is 4.29. The second-order valence-electron chi connectivity index (χ2n) is 8.68. The molecule has 4 aromatic rings. The number of rotatable bonds is 5. The van der Waals surface area contributed by atoms with Gasteiger partial charge in [0.05, 0.1) is 5.69 Å². The standard InChI is InChI=1S/C26H26F2N6O/c1-18-4-6-19(7-5-18)24-30-23-3-2-10-29-25(23)34(24)16-13-32-11-14-33(15-12-32)26(35)31-22-9-8-20(27)17-21(22)28/h2-10,17H,11-16H2,1H3,(H,31,35). The van der Waals surface area contributed by atoms with Crippen molar-refractivity contribution in [1.82, 2.24) is 24.3 Å². The number of fused-ring (bicyclic) bond motifs is 1. The van der Waals surface area contributed by atoms with Crippen molar-refractivity contribution in [2.24, 2.45) is 0 Å². The van der Waals surface area contributed by atoms with Crippen LogP contribution in [-0.2, 0) is 6.54 Å². The second kappa shape index (κ2) is 9.79. The first kappa shape index (κ1) is 22.9. The molecule has 2 aromatic carbocycles. The van der Waals surface area contributed by atoms with Gasteiger partial charge in [-0.15, -0.1) is 0 Å². The molecule has 0 radical (unpaired) electrons. The molecule has 1 N–H and O–H groups in total. The molecule has 0 atom stereocenters. The maximum absolute atomic E-state index is 13.9. The van der Waals surface area contributed by atoms with Gasteiger partial charge in [0.15, 0.2) is 5.65 Å². The van der Waals surface area contributed by atoms with E-state index in [0.29, 0.717) is 32.7 Å². The number of urea groups is 1. The van der Waals surface area contributed by atoms with E-state index in [2.05, 4.69) is 51.0 Å². The summed E-state index contributed by atoms with van der Waals surface area (Å²) in [5.41, 5.74) is 3.92. The molecule has 2 amide bonds. The molecule has 180 valence electrons. The van der Waals surface area contributed by atoms with Crippen molar-refractivity contribution in [1.29, 1.82) is 0 Å². The highest BCUT2D eigenvalue weighted by Gasteiger charge is 2.22. The third-order valence-corrected chi connectivity index (χ3v) is 6.29. The lowest BCUT2D eigenvalue weighted by Gasteiger charge is -2.34. The number of pyridine rings is 1. The Bertz CT molecular complexity index is 1350. The van der Waals surface area contributed by atoms with Crippen molar-refractivity contribution < 1.29 is 13.6 Å². The first-order valence-electron chi connectivity index (χ1n) is 11.6. The Morgan fingerprint density at radius 1 is 1.00 bits per heavy atom. The number of nitrogens with one attached hydrogen (secondary N) is 1. The normalized spacial score (nSPS) is 14.4. The molecule has 1 fully saturated rings. The van der Waals surface area contributed by atoms with E-state index in [1.165, 1.54) is 11.6 Å². The lowest BCUT2D eigenvalue weighted by atomic mass is 10.1. The minimum atomic E-state index is -0.789. The Morgan fingerprint density at radius 3 is 2.51 bits per heavy atom. The van der Waals surface area contributed by atoms with Crippen molar-refractivity contribution in [3.8, 4) is 11.4 Å². The third-order valence-electron chi connectivity index (χ3n) is 6.29. The van der Waals surface area contributed by atoms with Crippen molar-refractivity contribution in [3.63, 3.8) is 0 Å². The average molecular weight is 477 g/mol. The number of benzene rings is 2. The number of hydrogen-bond donors (Lipinski definition) is 1. The van der Waals surface area contributed by atoms with Crippen LogP contribution in [0.1, 0.15) is 5.56 Å². The Morgan fingerprint density at radius 2 is 1.77 bits per heavy atom. The molecule has 1 saturated heterocycles. The van der Waals surface area contributed by atoms with Gasteiger partial charge in [0.1, 0.15) is 23.0 Å². The molecule has 1 aliphatic rings. The summed E-state index contributed by atoms with van der Waals surface area (Å²) in [5, 5.41) is 2.53. The van der Waals surface area contributed by atoms with Gasteiger partial charge in [-0.1, -0.05) is 29.8 Å². The van der Waals surface area contributed by atoms with E-state index < -0.39 is 11.6 Å². The van der Waals surface area contributed by atoms with Gasteiger partial charge >= 0.3 is 6.03 Å². The number of hydrogen-bond acceptors (Lipinski definition) is 4. The summed E-state index contributed by atoms with van der Waals surface area (Å²) in [6.07, 6.45) is 1.78. The van der Waals surface area contributed by atoms with Crippen LogP contribution >= 0.6 is 0 Å². The smallest absolute Gasteiger partial charge is 0.322 e. The van der Waals surface area contributed by atoms with E-state index in [0.717, 1.165) is 41.2 Å². The summed E-state index contributed by atoms with van der Waals surface area (Å²) in [6.45, 7) is 5.97. The third kappa shape index (κ3) is 5.00. The SMILES string of the molecule is Cc1ccc(-c2nc3cccnc3n2CCN2CCN(C(=O)Nc3ccc(F)cc3F)CC2)cc1. The average Bonchev–Trinajstić information content (AvgIpc) is 3.23. The number of aromatic nitrogens is 3. The molecule has 0 saturated carbocycles. The van der Waals surface area contributed by atoms with Crippen LogP contribution < -0.4 is 5.32 Å². The van der Waals surface area contributed by atoms with Crippen molar-refractivity contribution in [2.45, 2.75) is 13.5 Å². The summed E-state index contributed by atoms with van der Waals surface area (Å²) < 4.78 is 29.1. The van der Waals surface area contributed by atoms with Gasteiger partial charge in [0.25, 0.3) is 0 Å². The molecule has 7 nitrogen and oxygen atoms in total. The van der Waals surface area contributed by atoms with Crippen LogP contribution in [-0.4, -0.2) is 63.1 Å². The number of carbonyl (C=O) groups is 1. The van der Waals surface area contributed by atoms with Gasteiger partial charge in [-0.3, -0.25) is 4.90 Å². The summed E-state index contributed by atoms with van der Waals surface area (Å²) in [5.74, 6) is -0.582. The Labute approximate surface area is 202 Å². The van der Waals surface area contributed by atoms with E-state index in [1.807, 2.05) is 12.1 Å². The summed E-state index contributed by atoms with van der Waals surface area (Å²) in [7, 11) is 0. The van der Waals surface area contributed by atoms with Crippen molar-refractivity contribution in [2.75, 3.05) is 38.0 Å². The minimum Gasteiger partial charge on any atom is -0.322 e. The van der Waals surface area contributed by atoms with Crippen LogP contribution in [0.5, 0.6) is 0 Å². The number of piperazine rings is 1. The van der Waals surface area contributed by atoms with E-state index in [4.69, 9.17) is 4.98 Å². The molecule has 0 aliphatic carbocycles. The zero-order valence-corrected chi connectivity index (χ0v) is 19.4. The zero-order valence-electron chi connectivity index (χ0n) is 19.4. The molecule has 1 aliphatic heterocycles. The molecule has 0 bridgehead atoms. The van der Waals surface area contributed by atoms with Gasteiger partial charge in [-0.25, -0.2) is 23.5 Å². The number of aryl methyl sites for hydroxylation is 1. The topological polar surface area (TPSA) is 66.3 Å². The molecule has 9 heteroatoms. The largest absolute Gasteiger partial charge is 0.322 e. The lowest BCUT2D eigenvalue weighted by molar-refractivity contribution is 0.144.